The zero-order valence-electron chi connectivity index (χ0n) is 21.3. The second kappa shape index (κ2) is 13.1. The van der Waals surface area contributed by atoms with E-state index in [1.165, 1.54) is 32.1 Å². The van der Waals surface area contributed by atoms with Crippen molar-refractivity contribution in [1.82, 2.24) is 5.32 Å². The Labute approximate surface area is 216 Å². The maximum absolute atomic E-state index is 12.6. The average Bonchev–Trinajstić information content (AvgIpc) is 2.82. The first kappa shape index (κ1) is 27.3. The summed E-state index contributed by atoms with van der Waals surface area (Å²) < 4.78 is 6.18. The molecule has 0 aliphatic heterocycles. The Morgan fingerprint density at radius 2 is 2.06 bits per heavy atom. The van der Waals surface area contributed by atoms with E-state index in [0.29, 0.717) is 29.7 Å². The van der Waals surface area contributed by atoms with Crippen LogP contribution in [0.3, 0.4) is 0 Å². The molecule has 1 aromatic rings. The van der Waals surface area contributed by atoms with Crippen LogP contribution in [0.1, 0.15) is 69.7 Å². The Kier molecular flexibility index (Phi) is 10.2. The van der Waals surface area contributed by atoms with Crippen molar-refractivity contribution in [1.29, 1.82) is 5.41 Å². The van der Waals surface area contributed by atoms with E-state index >= 15 is 0 Å². The van der Waals surface area contributed by atoms with Gasteiger partial charge in [0.25, 0.3) is 0 Å². The van der Waals surface area contributed by atoms with Gasteiger partial charge < -0.3 is 21.2 Å². The standard InChI is InChI=1S/C29H41N3O2S/c1-19-9-7-10-20(2)29(19)26(30)16-28(31)34-21(3)25(22-11-5-4-6-12-22)17-32-18-27(33)23-13-8-14-24(35)15-23/h7-9,13-16,20-22,25,30,32,35H,4-6,10-12,17-18,31H2,1-3H3/b28-16+,30-26?. The topological polar surface area (TPSA) is 88.2 Å². The quantitative estimate of drug-likeness (QED) is 0.130. The molecule has 1 saturated carbocycles. The fourth-order valence-electron chi connectivity index (χ4n) is 5.49. The lowest BCUT2D eigenvalue weighted by Gasteiger charge is -2.34. The van der Waals surface area contributed by atoms with E-state index in [1.54, 1.807) is 12.1 Å². The highest BCUT2D eigenvalue weighted by atomic mass is 32.1. The molecule has 4 N–H and O–H groups in total. The SMILES string of the molecule is CC1=C(C(=N)/C=C(\N)OC(C)C(CNCC(=O)c2cccc(S)c2)C2CCCCC2)C(C)CC=C1. The molecule has 2 aliphatic carbocycles. The number of allylic oxidation sites excluding steroid dienone is 5. The molecule has 3 unspecified atom stereocenters. The van der Waals surface area contributed by atoms with Crippen LogP contribution in [-0.2, 0) is 4.74 Å². The van der Waals surface area contributed by atoms with Gasteiger partial charge in [0.1, 0.15) is 6.10 Å². The van der Waals surface area contributed by atoms with Gasteiger partial charge in [0.05, 0.1) is 12.3 Å². The first-order chi connectivity index (χ1) is 16.8. The zero-order chi connectivity index (χ0) is 25.4. The van der Waals surface area contributed by atoms with Gasteiger partial charge in [-0.15, -0.1) is 12.6 Å². The lowest BCUT2D eigenvalue weighted by atomic mass is 9.77. The number of thiol groups is 1. The van der Waals surface area contributed by atoms with Crippen LogP contribution in [0.5, 0.6) is 0 Å². The van der Waals surface area contributed by atoms with Gasteiger partial charge in [-0.1, -0.05) is 50.5 Å². The highest BCUT2D eigenvalue weighted by Crippen LogP contribution is 2.33. The van der Waals surface area contributed by atoms with Gasteiger partial charge in [-0.3, -0.25) is 4.79 Å². The summed E-state index contributed by atoms with van der Waals surface area (Å²) in [5.74, 6) is 1.41. The van der Waals surface area contributed by atoms with Crippen LogP contribution in [0.2, 0.25) is 0 Å². The summed E-state index contributed by atoms with van der Waals surface area (Å²) in [5.41, 5.74) is 9.52. The number of hydrogen-bond donors (Lipinski definition) is 4. The van der Waals surface area contributed by atoms with E-state index in [9.17, 15) is 4.79 Å². The number of carbonyl (C=O) groups excluding carboxylic acids is 1. The fourth-order valence-corrected chi connectivity index (χ4v) is 5.72. The van der Waals surface area contributed by atoms with Gasteiger partial charge in [-0.25, -0.2) is 0 Å². The first-order valence-corrected chi connectivity index (χ1v) is 13.3. The van der Waals surface area contributed by atoms with E-state index in [-0.39, 0.29) is 30.2 Å². The van der Waals surface area contributed by atoms with Gasteiger partial charge >= 0.3 is 0 Å². The van der Waals surface area contributed by atoms with E-state index in [0.717, 1.165) is 22.5 Å². The molecule has 0 bridgehead atoms. The minimum atomic E-state index is -0.121. The second-order valence-corrected chi connectivity index (χ2v) is 10.6. The van der Waals surface area contributed by atoms with Crippen molar-refractivity contribution in [3.63, 3.8) is 0 Å². The summed E-state index contributed by atoms with van der Waals surface area (Å²) in [6, 6.07) is 7.35. The third-order valence-corrected chi connectivity index (χ3v) is 7.64. The molecule has 0 amide bonds. The van der Waals surface area contributed by atoms with Crippen LogP contribution >= 0.6 is 12.6 Å². The molecule has 0 saturated heterocycles. The van der Waals surface area contributed by atoms with Crippen LogP contribution in [-0.4, -0.2) is 30.7 Å². The number of ketones is 1. The van der Waals surface area contributed by atoms with Crippen molar-refractivity contribution in [2.75, 3.05) is 13.1 Å². The predicted molar refractivity (Wildman–Crippen MR) is 147 cm³/mol. The molecule has 0 heterocycles. The van der Waals surface area contributed by atoms with E-state index < -0.39 is 0 Å². The molecule has 0 aromatic heterocycles. The van der Waals surface area contributed by atoms with Crippen molar-refractivity contribution >= 4 is 24.1 Å². The Balaban J connectivity index is 1.63. The number of nitrogens with two attached hydrogens (primary N) is 1. The number of rotatable bonds is 11. The molecule has 1 fully saturated rings. The van der Waals surface area contributed by atoms with E-state index in [4.69, 9.17) is 15.9 Å². The number of Topliss-reactive ketones (excluding diaryl/α,β-unsaturated/α-hetero) is 1. The van der Waals surface area contributed by atoms with Gasteiger partial charge in [0.15, 0.2) is 11.7 Å². The highest BCUT2D eigenvalue weighted by Gasteiger charge is 2.30. The summed E-state index contributed by atoms with van der Waals surface area (Å²) in [4.78, 5) is 13.4. The molecule has 0 spiro atoms. The molecule has 0 radical (unpaired) electrons. The summed E-state index contributed by atoms with van der Waals surface area (Å²) in [6.45, 7) is 7.22. The highest BCUT2D eigenvalue weighted by molar-refractivity contribution is 7.80. The molecular weight excluding hydrogens is 454 g/mol. The minimum absolute atomic E-state index is 0.0593. The molecule has 3 atom stereocenters. The Morgan fingerprint density at radius 1 is 1.31 bits per heavy atom. The Bertz CT molecular complexity index is 991. The van der Waals surface area contributed by atoms with Gasteiger partial charge in [-0.05, 0) is 68.2 Å². The number of ether oxygens (including phenoxy) is 1. The van der Waals surface area contributed by atoms with Crippen LogP contribution < -0.4 is 11.1 Å². The summed E-state index contributed by atoms with van der Waals surface area (Å²) in [7, 11) is 0. The lowest BCUT2D eigenvalue weighted by molar-refractivity contribution is 0.0388. The molecule has 2 aliphatic rings. The van der Waals surface area contributed by atoms with E-state index in [2.05, 4.69) is 43.9 Å². The smallest absolute Gasteiger partial charge is 0.186 e. The largest absolute Gasteiger partial charge is 0.476 e. The third kappa shape index (κ3) is 7.84. The number of hydrogen-bond acceptors (Lipinski definition) is 6. The third-order valence-electron chi connectivity index (χ3n) is 7.37. The zero-order valence-corrected chi connectivity index (χ0v) is 22.2. The molecule has 190 valence electrons. The predicted octanol–water partition coefficient (Wildman–Crippen LogP) is 6.08. The first-order valence-electron chi connectivity index (χ1n) is 12.9. The van der Waals surface area contributed by atoms with Crippen molar-refractivity contribution in [3.05, 3.63) is 65.1 Å². The van der Waals surface area contributed by atoms with Gasteiger partial charge in [0.2, 0.25) is 0 Å². The van der Waals surface area contributed by atoms with Crippen molar-refractivity contribution in [2.24, 2.45) is 23.5 Å². The fraction of sp³-hybridized carbons (Fsp3) is 0.517. The molecule has 6 heteroatoms. The summed E-state index contributed by atoms with van der Waals surface area (Å²) in [5, 5.41) is 12.0. The summed E-state index contributed by atoms with van der Waals surface area (Å²) in [6.07, 6.45) is 12.8. The van der Waals surface area contributed by atoms with E-state index in [1.807, 2.05) is 25.1 Å². The Morgan fingerprint density at radius 3 is 2.74 bits per heavy atom. The minimum Gasteiger partial charge on any atom is -0.476 e. The number of benzene rings is 1. The molecule has 5 nitrogen and oxygen atoms in total. The second-order valence-electron chi connectivity index (χ2n) is 10.1. The van der Waals surface area contributed by atoms with Crippen LogP contribution in [0.4, 0.5) is 0 Å². The maximum Gasteiger partial charge on any atom is 0.186 e. The molecule has 1 aromatic carbocycles. The monoisotopic (exact) mass is 495 g/mol. The van der Waals surface area contributed by atoms with Crippen LogP contribution in [0, 0.1) is 23.2 Å². The number of nitrogens with one attached hydrogen (secondary N) is 2. The molecular formula is C29H41N3O2S. The summed E-state index contributed by atoms with van der Waals surface area (Å²) >= 11 is 4.34. The molecule has 35 heavy (non-hydrogen) atoms. The maximum atomic E-state index is 12.6. The average molecular weight is 496 g/mol. The normalized spacial score (nSPS) is 21.0. The van der Waals surface area contributed by atoms with Crippen molar-refractivity contribution < 1.29 is 9.53 Å². The number of carbonyl (C=O) groups is 1. The van der Waals surface area contributed by atoms with Crippen molar-refractivity contribution in [2.45, 2.75) is 70.3 Å². The van der Waals surface area contributed by atoms with Crippen LogP contribution in [0.25, 0.3) is 0 Å². The lowest BCUT2D eigenvalue weighted by Crippen LogP contribution is -2.39. The molecule has 3 rings (SSSR count). The Hall–Kier alpha value is -2.31. The van der Waals surface area contributed by atoms with Gasteiger partial charge in [0, 0.05) is 29.0 Å². The van der Waals surface area contributed by atoms with Gasteiger partial charge in [-0.2, -0.15) is 0 Å². The van der Waals surface area contributed by atoms with Crippen molar-refractivity contribution in [3.8, 4) is 0 Å². The van der Waals surface area contributed by atoms with Crippen LogP contribution in [0.15, 0.2) is 64.4 Å².